The van der Waals surface area contributed by atoms with Gasteiger partial charge in [-0.2, -0.15) is 0 Å². The SMILES string of the molecule is CC(=Nc1ccccc1F)c1c(O)[nH]c(=O)[nH]c1=O. The van der Waals surface area contributed by atoms with Gasteiger partial charge in [0.2, 0.25) is 5.88 Å². The van der Waals surface area contributed by atoms with Crippen LogP contribution in [0.15, 0.2) is 38.8 Å². The highest BCUT2D eigenvalue weighted by Gasteiger charge is 2.12. The fourth-order valence-electron chi connectivity index (χ4n) is 1.59. The average Bonchev–Trinajstić information content (AvgIpc) is 2.30. The summed E-state index contributed by atoms with van der Waals surface area (Å²) in [5.74, 6) is -1.16. The topological polar surface area (TPSA) is 98.3 Å². The largest absolute Gasteiger partial charge is 0.494 e. The summed E-state index contributed by atoms with van der Waals surface area (Å²) in [5.41, 5.74) is -1.71. The van der Waals surface area contributed by atoms with Crippen molar-refractivity contribution in [2.24, 2.45) is 4.99 Å². The number of rotatable bonds is 2. The second kappa shape index (κ2) is 4.89. The molecule has 0 unspecified atom stereocenters. The number of halogens is 1. The van der Waals surface area contributed by atoms with Gasteiger partial charge in [0.05, 0.1) is 11.4 Å². The van der Waals surface area contributed by atoms with Crippen molar-refractivity contribution in [2.45, 2.75) is 6.92 Å². The molecular formula is C12H10FN3O3. The monoisotopic (exact) mass is 263 g/mol. The lowest BCUT2D eigenvalue weighted by Crippen LogP contribution is -2.27. The summed E-state index contributed by atoms with van der Waals surface area (Å²) in [4.78, 5) is 30.4. The average molecular weight is 263 g/mol. The summed E-state index contributed by atoms with van der Waals surface area (Å²) in [6.07, 6.45) is 0. The van der Waals surface area contributed by atoms with Gasteiger partial charge in [-0.05, 0) is 19.1 Å². The molecule has 0 saturated heterocycles. The maximum atomic E-state index is 13.4. The van der Waals surface area contributed by atoms with E-state index < -0.39 is 22.9 Å². The van der Waals surface area contributed by atoms with Crippen LogP contribution in [0.1, 0.15) is 12.5 Å². The van der Waals surface area contributed by atoms with Gasteiger partial charge >= 0.3 is 5.69 Å². The Morgan fingerprint density at radius 3 is 2.58 bits per heavy atom. The molecule has 0 aliphatic heterocycles. The minimum Gasteiger partial charge on any atom is -0.494 e. The lowest BCUT2D eigenvalue weighted by molar-refractivity contribution is 0.447. The van der Waals surface area contributed by atoms with Crippen LogP contribution in [0.5, 0.6) is 5.88 Å². The Labute approximate surface area is 106 Å². The summed E-state index contributed by atoms with van der Waals surface area (Å²) in [5, 5.41) is 9.54. The van der Waals surface area contributed by atoms with Crippen LogP contribution in [0.3, 0.4) is 0 Å². The Morgan fingerprint density at radius 2 is 1.95 bits per heavy atom. The summed E-state index contributed by atoms with van der Waals surface area (Å²) in [6.45, 7) is 1.43. The zero-order chi connectivity index (χ0) is 14.0. The number of para-hydroxylation sites is 1. The third kappa shape index (κ3) is 2.59. The number of aromatic nitrogens is 2. The van der Waals surface area contributed by atoms with E-state index in [1.54, 1.807) is 6.07 Å². The van der Waals surface area contributed by atoms with Gasteiger partial charge in [0, 0.05) is 0 Å². The van der Waals surface area contributed by atoms with E-state index in [0.717, 1.165) is 0 Å². The summed E-state index contributed by atoms with van der Waals surface area (Å²) < 4.78 is 13.4. The van der Waals surface area contributed by atoms with E-state index in [2.05, 4.69) is 4.99 Å². The molecule has 6 nitrogen and oxygen atoms in total. The minimum absolute atomic E-state index is 0.0324. The molecule has 0 aliphatic rings. The molecule has 0 bridgehead atoms. The zero-order valence-corrected chi connectivity index (χ0v) is 9.90. The normalized spacial score (nSPS) is 11.6. The van der Waals surface area contributed by atoms with E-state index in [4.69, 9.17) is 0 Å². The highest BCUT2D eigenvalue weighted by Crippen LogP contribution is 2.18. The number of nitrogens with one attached hydrogen (secondary N) is 2. The van der Waals surface area contributed by atoms with E-state index in [1.807, 2.05) is 9.97 Å². The van der Waals surface area contributed by atoms with Crippen molar-refractivity contribution in [3.8, 4) is 5.88 Å². The van der Waals surface area contributed by atoms with E-state index >= 15 is 0 Å². The molecule has 0 saturated carbocycles. The van der Waals surface area contributed by atoms with Gasteiger partial charge in [0.15, 0.2) is 0 Å². The summed E-state index contributed by atoms with van der Waals surface area (Å²) in [6, 6.07) is 5.75. The number of nitrogens with zero attached hydrogens (tertiary/aromatic N) is 1. The van der Waals surface area contributed by atoms with E-state index in [1.165, 1.54) is 25.1 Å². The van der Waals surface area contributed by atoms with Crippen LogP contribution in [0.4, 0.5) is 10.1 Å². The van der Waals surface area contributed by atoms with E-state index in [9.17, 15) is 19.1 Å². The second-order valence-electron chi connectivity index (χ2n) is 3.78. The second-order valence-corrected chi connectivity index (χ2v) is 3.78. The summed E-state index contributed by atoms with van der Waals surface area (Å²) in [7, 11) is 0. The first-order valence-corrected chi connectivity index (χ1v) is 5.35. The predicted octanol–water partition coefficient (Wildman–Crippen LogP) is 1.05. The van der Waals surface area contributed by atoms with Gasteiger partial charge < -0.3 is 5.11 Å². The van der Waals surface area contributed by atoms with Gasteiger partial charge in [0.25, 0.3) is 5.56 Å². The number of hydrogen-bond acceptors (Lipinski definition) is 4. The molecule has 0 amide bonds. The van der Waals surface area contributed by atoms with Crippen molar-refractivity contribution >= 4 is 11.4 Å². The maximum Gasteiger partial charge on any atom is 0.328 e. The first kappa shape index (κ1) is 12.7. The molecular weight excluding hydrogens is 253 g/mol. The molecule has 0 fully saturated rings. The van der Waals surface area contributed by atoms with Crippen LogP contribution < -0.4 is 11.2 Å². The third-order valence-electron chi connectivity index (χ3n) is 2.43. The van der Waals surface area contributed by atoms with Gasteiger partial charge in [0.1, 0.15) is 11.4 Å². The quantitative estimate of drug-likeness (QED) is 0.706. The highest BCUT2D eigenvalue weighted by molar-refractivity contribution is 6.01. The maximum absolute atomic E-state index is 13.4. The fourth-order valence-corrected chi connectivity index (χ4v) is 1.59. The van der Waals surface area contributed by atoms with Crippen LogP contribution in [0.25, 0.3) is 0 Å². The van der Waals surface area contributed by atoms with Crippen LogP contribution in [0, 0.1) is 5.82 Å². The number of H-pyrrole nitrogens is 2. The Balaban J connectivity index is 2.57. The van der Waals surface area contributed by atoms with Crippen LogP contribution >= 0.6 is 0 Å². The molecule has 2 rings (SSSR count). The molecule has 2 aromatic rings. The van der Waals surface area contributed by atoms with Crippen molar-refractivity contribution in [1.29, 1.82) is 0 Å². The molecule has 0 atom stereocenters. The fraction of sp³-hybridized carbons (Fsp3) is 0.0833. The van der Waals surface area contributed by atoms with Crippen molar-refractivity contribution in [3.63, 3.8) is 0 Å². The van der Waals surface area contributed by atoms with E-state index in [0.29, 0.717) is 0 Å². The molecule has 1 aromatic heterocycles. The van der Waals surface area contributed by atoms with Crippen LogP contribution in [0.2, 0.25) is 0 Å². The molecule has 1 heterocycles. The third-order valence-corrected chi connectivity index (χ3v) is 2.43. The Hall–Kier alpha value is -2.70. The lowest BCUT2D eigenvalue weighted by Gasteiger charge is -2.03. The first-order valence-electron chi connectivity index (χ1n) is 5.35. The minimum atomic E-state index is -0.829. The van der Waals surface area contributed by atoms with Gasteiger partial charge in [-0.1, -0.05) is 12.1 Å². The molecule has 0 radical (unpaired) electrons. The Kier molecular flexibility index (Phi) is 3.28. The number of aliphatic imine (C=N–C) groups is 1. The molecule has 19 heavy (non-hydrogen) atoms. The predicted molar refractivity (Wildman–Crippen MR) is 67.6 cm³/mol. The zero-order valence-electron chi connectivity index (χ0n) is 9.90. The van der Waals surface area contributed by atoms with Crippen LogP contribution in [-0.2, 0) is 0 Å². The van der Waals surface area contributed by atoms with Gasteiger partial charge in [-0.3, -0.25) is 14.8 Å². The molecule has 0 spiro atoms. The molecule has 98 valence electrons. The van der Waals surface area contributed by atoms with Gasteiger partial charge in [-0.15, -0.1) is 0 Å². The van der Waals surface area contributed by atoms with Gasteiger partial charge in [-0.25, -0.2) is 14.2 Å². The van der Waals surface area contributed by atoms with E-state index in [-0.39, 0.29) is 17.0 Å². The molecule has 1 aromatic carbocycles. The number of aromatic hydroxyl groups is 1. The van der Waals surface area contributed by atoms with Crippen LogP contribution in [-0.4, -0.2) is 20.8 Å². The number of aromatic amines is 2. The number of benzene rings is 1. The first-order chi connectivity index (χ1) is 8.99. The Bertz CT molecular complexity index is 761. The van der Waals surface area contributed by atoms with Crippen molar-refractivity contribution in [2.75, 3.05) is 0 Å². The molecule has 7 heteroatoms. The smallest absolute Gasteiger partial charge is 0.328 e. The highest BCUT2D eigenvalue weighted by atomic mass is 19.1. The molecule has 0 aliphatic carbocycles. The Morgan fingerprint density at radius 1 is 1.26 bits per heavy atom. The van der Waals surface area contributed by atoms with Crippen molar-refractivity contribution in [3.05, 3.63) is 56.5 Å². The summed E-state index contributed by atoms with van der Waals surface area (Å²) >= 11 is 0. The van der Waals surface area contributed by atoms with Crippen molar-refractivity contribution in [1.82, 2.24) is 9.97 Å². The number of hydrogen-bond donors (Lipinski definition) is 3. The standard InChI is InChI=1S/C12H10FN3O3/c1-6(14-8-5-3-2-4-7(8)13)9-10(17)15-12(19)16-11(9)18/h2-5H,1H3,(H3,15,16,17,18,19). The van der Waals surface area contributed by atoms with Crippen molar-refractivity contribution < 1.29 is 9.50 Å². The lowest BCUT2D eigenvalue weighted by atomic mass is 10.2. The molecule has 3 N–H and O–H groups in total.